The fourth-order valence-corrected chi connectivity index (χ4v) is 3.67. The number of anilines is 2. The van der Waals surface area contributed by atoms with Crippen LogP contribution in [0.3, 0.4) is 0 Å². The van der Waals surface area contributed by atoms with Crippen molar-refractivity contribution in [2.45, 2.75) is 45.6 Å². The molecule has 20 heavy (non-hydrogen) atoms. The van der Waals surface area contributed by atoms with Crippen LogP contribution in [0.1, 0.15) is 47.6 Å². The van der Waals surface area contributed by atoms with E-state index in [9.17, 15) is 0 Å². The molecule has 3 rings (SSSR count). The minimum Gasteiger partial charge on any atom is -0.383 e. The summed E-state index contributed by atoms with van der Waals surface area (Å²) in [5.41, 5.74) is 8.36. The van der Waals surface area contributed by atoms with Crippen molar-refractivity contribution in [3.63, 3.8) is 0 Å². The zero-order valence-electron chi connectivity index (χ0n) is 11.9. The number of rotatable bonds is 3. The van der Waals surface area contributed by atoms with Crippen LogP contribution in [0.15, 0.2) is 11.4 Å². The highest BCUT2D eigenvalue weighted by Crippen LogP contribution is 2.36. The van der Waals surface area contributed by atoms with Crippen molar-refractivity contribution in [3.8, 4) is 0 Å². The number of aromatic nitrogens is 2. The molecule has 0 saturated carbocycles. The summed E-state index contributed by atoms with van der Waals surface area (Å²) in [6, 6.07) is 2.58. The second kappa shape index (κ2) is 5.40. The van der Waals surface area contributed by atoms with Gasteiger partial charge < -0.3 is 11.1 Å². The third kappa shape index (κ3) is 2.38. The normalized spacial score (nSPS) is 17.8. The predicted molar refractivity (Wildman–Crippen MR) is 84.2 cm³/mol. The Labute approximate surface area is 123 Å². The van der Waals surface area contributed by atoms with Gasteiger partial charge in [0.25, 0.3) is 0 Å². The number of nitrogens with one attached hydrogen (secondary N) is 1. The minimum absolute atomic E-state index is 0.350. The molecular formula is C15H20N4S. The lowest BCUT2D eigenvalue weighted by molar-refractivity contribution is 0.606. The Morgan fingerprint density at radius 3 is 3.10 bits per heavy atom. The summed E-state index contributed by atoms with van der Waals surface area (Å²) < 4.78 is 0. The van der Waals surface area contributed by atoms with Crippen molar-refractivity contribution in [2.24, 2.45) is 0 Å². The van der Waals surface area contributed by atoms with Crippen LogP contribution < -0.4 is 11.1 Å². The SMILES string of the molecule is CCc1nc(N)c(C)c(NC2CCCc3sccc32)n1. The smallest absolute Gasteiger partial charge is 0.135 e. The summed E-state index contributed by atoms with van der Waals surface area (Å²) in [6.45, 7) is 4.03. The van der Waals surface area contributed by atoms with Gasteiger partial charge in [0.05, 0.1) is 6.04 Å². The number of thiophene rings is 1. The van der Waals surface area contributed by atoms with E-state index in [1.54, 1.807) is 0 Å². The van der Waals surface area contributed by atoms with Crippen LogP contribution in [0.2, 0.25) is 0 Å². The molecule has 4 nitrogen and oxygen atoms in total. The van der Waals surface area contributed by atoms with E-state index < -0.39 is 0 Å². The monoisotopic (exact) mass is 288 g/mol. The molecular weight excluding hydrogens is 268 g/mol. The molecule has 1 aliphatic carbocycles. The Kier molecular flexibility index (Phi) is 3.61. The predicted octanol–water partition coefficient (Wildman–Crippen LogP) is 3.48. The third-order valence-electron chi connectivity index (χ3n) is 3.91. The first kappa shape index (κ1) is 13.4. The first-order valence-corrected chi connectivity index (χ1v) is 8.02. The molecule has 1 aliphatic rings. The molecule has 0 aliphatic heterocycles. The fraction of sp³-hybridized carbons (Fsp3) is 0.467. The molecule has 2 heterocycles. The molecule has 5 heteroatoms. The van der Waals surface area contributed by atoms with E-state index in [0.29, 0.717) is 11.9 Å². The molecule has 0 aromatic carbocycles. The maximum atomic E-state index is 5.99. The lowest BCUT2D eigenvalue weighted by atomic mass is 9.94. The maximum Gasteiger partial charge on any atom is 0.135 e. The molecule has 0 bridgehead atoms. The molecule has 2 aromatic heterocycles. The van der Waals surface area contributed by atoms with E-state index in [4.69, 9.17) is 5.73 Å². The number of aryl methyl sites for hydroxylation is 2. The average molecular weight is 288 g/mol. The van der Waals surface area contributed by atoms with Gasteiger partial charge in [-0.3, -0.25) is 0 Å². The largest absolute Gasteiger partial charge is 0.383 e. The van der Waals surface area contributed by atoms with Crippen LogP contribution in [0, 0.1) is 6.92 Å². The van der Waals surface area contributed by atoms with Gasteiger partial charge in [-0.1, -0.05) is 6.92 Å². The summed E-state index contributed by atoms with van der Waals surface area (Å²) in [5.74, 6) is 2.27. The van der Waals surface area contributed by atoms with Crippen LogP contribution in [0.5, 0.6) is 0 Å². The zero-order valence-corrected chi connectivity index (χ0v) is 12.8. The summed E-state index contributed by atoms with van der Waals surface area (Å²) >= 11 is 1.86. The first-order chi connectivity index (χ1) is 9.69. The van der Waals surface area contributed by atoms with E-state index in [-0.39, 0.29) is 0 Å². The number of nitrogens with two attached hydrogens (primary N) is 1. The van der Waals surface area contributed by atoms with E-state index in [1.807, 2.05) is 25.2 Å². The quantitative estimate of drug-likeness (QED) is 0.907. The highest BCUT2D eigenvalue weighted by molar-refractivity contribution is 7.10. The van der Waals surface area contributed by atoms with Crippen LogP contribution in [0.4, 0.5) is 11.6 Å². The topological polar surface area (TPSA) is 63.8 Å². The summed E-state index contributed by atoms with van der Waals surface area (Å²) in [5, 5.41) is 5.77. The van der Waals surface area contributed by atoms with Crippen molar-refractivity contribution in [3.05, 3.63) is 33.3 Å². The van der Waals surface area contributed by atoms with Crippen molar-refractivity contribution in [1.29, 1.82) is 0 Å². The highest BCUT2D eigenvalue weighted by atomic mass is 32.1. The lowest BCUT2D eigenvalue weighted by Crippen LogP contribution is -2.18. The van der Waals surface area contributed by atoms with Crippen LogP contribution in [-0.2, 0) is 12.8 Å². The Hall–Kier alpha value is -1.62. The van der Waals surface area contributed by atoms with E-state index in [2.05, 4.69) is 26.7 Å². The Morgan fingerprint density at radius 2 is 2.30 bits per heavy atom. The first-order valence-electron chi connectivity index (χ1n) is 7.14. The summed E-state index contributed by atoms with van der Waals surface area (Å²) in [7, 11) is 0. The van der Waals surface area contributed by atoms with Crippen LogP contribution in [0.25, 0.3) is 0 Å². The van der Waals surface area contributed by atoms with E-state index in [0.717, 1.165) is 30.0 Å². The van der Waals surface area contributed by atoms with E-state index >= 15 is 0 Å². The van der Waals surface area contributed by atoms with Gasteiger partial charge in [-0.2, -0.15) is 0 Å². The standard InChI is InChI=1S/C15H20N4S/c1-3-13-18-14(16)9(2)15(19-13)17-11-5-4-6-12-10(11)7-8-20-12/h7-8,11H,3-6H2,1-2H3,(H3,16,17,18,19). The Bertz CT molecular complexity index is 620. The van der Waals surface area contributed by atoms with Crippen LogP contribution in [-0.4, -0.2) is 9.97 Å². The number of nitrogen functional groups attached to an aromatic ring is 1. The van der Waals surface area contributed by atoms with Gasteiger partial charge in [0, 0.05) is 16.9 Å². The van der Waals surface area contributed by atoms with Crippen molar-refractivity contribution < 1.29 is 0 Å². The number of fused-ring (bicyclic) bond motifs is 1. The summed E-state index contributed by atoms with van der Waals surface area (Å²) in [6.07, 6.45) is 4.38. The van der Waals surface area contributed by atoms with Gasteiger partial charge in [-0.25, -0.2) is 9.97 Å². The van der Waals surface area contributed by atoms with Gasteiger partial charge in [0.1, 0.15) is 17.5 Å². The molecule has 0 saturated heterocycles. The van der Waals surface area contributed by atoms with Gasteiger partial charge in [-0.15, -0.1) is 11.3 Å². The number of nitrogens with zero attached hydrogens (tertiary/aromatic N) is 2. The number of hydrogen-bond donors (Lipinski definition) is 2. The van der Waals surface area contributed by atoms with Crippen molar-refractivity contribution in [2.75, 3.05) is 11.1 Å². The van der Waals surface area contributed by atoms with Crippen molar-refractivity contribution >= 4 is 23.0 Å². The molecule has 0 amide bonds. The van der Waals surface area contributed by atoms with Gasteiger partial charge in [0.2, 0.25) is 0 Å². The van der Waals surface area contributed by atoms with Crippen LogP contribution >= 0.6 is 11.3 Å². The highest BCUT2D eigenvalue weighted by Gasteiger charge is 2.22. The number of hydrogen-bond acceptors (Lipinski definition) is 5. The van der Waals surface area contributed by atoms with Gasteiger partial charge in [-0.05, 0) is 43.2 Å². The van der Waals surface area contributed by atoms with Gasteiger partial charge >= 0.3 is 0 Å². The molecule has 0 fully saturated rings. The second-order valence-electron chi connectivity index (χ2n) is 5.24. The molecule has 1 unspecified atom stereocenters. The zero-order chi connectivity index (χ0) is 14.1. The van der Waals surface area contributed by atoms with E-state index in [1.165, 1.54) is 23.3 Å². The maximum absolute atomic E-state index is 5.99. The Morgan fingerprint density at radius 1 is 1.45 bits per heavy atom. The second-order valence-corrected chi connectivity index (χ2v) is 6.24. The molecule has 3 N–H and O–H groups in total. The summed E-state index contributed by atoms with van der Waals surface area (Å²) in [4.78, 5) is 10.4. The average Bonchev–Trinajstić information content (AvgIpc) is 2.93. The van der Waals surface area contributed by atoms with Crippen molar-refractivity contribution in [1.82, 2.24) is 9.97 Å². The molecule has 0 spiro atoms. The molecule has 1 atom stereocenters. The van der Waals surface area contributed by atoms with Gasteiger partial charge in [0.15, 0.2) is 0 Å². The molecule has 0 radical (unpaired) electrons. The molecule has 106 valence electrons. The lowest BCUT2D eigenvalue weighted by Gasteiger charge is -2.25. The Balaban J connectivity index is 1.91. The third-order valence-corrected chi connectivity index (χ3v) is 4.91. The fourth-order valence-electron chi connectivity index (χ4n) is 2.68. The minimum atomic E-state index is 0.350. The molecule has 2 aromatic rings.